The number of amides is 3. The lowest BCUT2D eigenvalue weighted by atomic mass is 10.1. The maximum Gasteiger partial charge on any atom is 0.323 e. The first-order valence-corrected chi connectivity index (χ1v) is 10.4. The molecule has 0 unspecified atom stereocenters. The molecule has 33 heavy (non-hydrogen) atoms. The summed E-state index contributed by atoms with van der Waals surface area (Å²) in [6.07, 6.45) is 1.51. The van der Waals surface area contributed by atoms with Gasteiger partial charge >= 0.3 is 6.03 Å². The number of nitrogens with zero attached hydrogens (tertiary/aromatic N) is 3. The number of nitrogens with one attached hydrogen (secondary N) is 2. The zero-order valence-corrected chi connectivity index (χ0v) is 18.1. The summed E-state index contributed by atoms with van der Waals surface area (Å²) in [4.78, 5) is 35.1. The van der Waals surface area contributed by atoms with Gasteiger partial charge in [0.15, 0.2) is 17.4 Å². The van der Waals surface area contributed by atoms with Crippen molar-refractivity contribution < 1.29 is 19.1 Å². The van der Waals surface area contributed by atoms with Crippen molar-refractivity contribution >= 4 is 29.1 Å². The molecule has 10 nitrogen and oxygen atoms in total. The van der Waals surface area contributed by atoms with Gasteiger partial charge in [0.1, 0.15) is 0 Å². The maximum absolute atomic E-state index is 12.5. The van der Waals surface area contributed by atoms with E-state index in [4.69, 9.17) is 15.2 Å². The molecular formula is C23H24N6O4. The standard InChI is InChI=1S/C23H24N6O4/c1-32-19-14-25-21(28-20(19)24)15-2-6-17(7-3-15)26-23(31)27-18-8-4-16(5-9-18)22(30)29-10-12-33-13-11-29/h2-9,14H,10-13H2,1H3,(H2,24,25,28)(H2,26,27,31). The van der Waals surface area contributed by atoms with Gasteiger partial charge in [-0.1, -0.05) is 0 Å². The number of carbonyl (C=O) groups excluding carboxylic acids is 2. The van der Waals surface area contributed by atoms with Crippen molar-refractivity contribution in [2.75, 3.05) is 49.8 Å². The SMILES string of the molecule is COc1cnc(-c2ccc(NC(=O)Nc3ccc(C(=O)N4CCOCC4)cc3)cc2)nc1N. The molecule has 0 bridgehead atoms. The molecule has 0 aliphatic carbocycles. The molecule has 0 radical (unpaired) electrons. The first-order valence-electron chi connectivity index (χ1n) is 10.4. The normalized spacial score (nSPS) is 13.3. The van der Waals surface area contributed by atoms with Gasteiger partial charge in [0.05, 0.1) is 26.5 Å². The van der Waals surface area contributed by atoms with E-state index in [-0.39, 0.29) is 11.7 Å². The largest absolute Gasteiger partial charge is 0.491 e. The summed E-state index contributed by atoms with van der Waals surface area (Å²) in [5.74, 6) is 1.07. The third-order valence-electron chi connectivity index (χ3n) is 5.09. The van der Waals surface area contributed by atoms with Crippen LogP contribution in [0.1, 0.15) is 10.4 Å². The van der Waals surface area contributed by atoms with Crippen LogP contribution in [-0.2, 0) is 4.74 Å². The van der Waals surface area contributed by atoms with E-state index in [0.717, 1.165) is 5.56 Å². The van der Waals surface area contributed by atoms with E-state index in [0.29, 0.717) is 54.8 Å². The van der Waals surface area contributed by atoms with Gasteiger partial charge in [-0.3, -0.25) is 4.79 Å². The van der Waals surface area contributed by atoms with E-state index in [2.05, 4.69) is 20.6 Å². The minimum absolute atomic E-state index is 0.0445. The quantitative estimate of drug-likeness (QED) is 0.547. The highest BCUT2D eigenvalue weighted by Crippen LogP contribution is 2.23. The maximum atomic E-state index is 12.5. The van der Waals surface area contributed by atoms with Gasteiger partial charge in [-0.05, 0) is 48.5 Å². The Balaban J connectivity index is 1.34. The number of hydrogen-bond donors (Lipinski definition) is 3. The molecule has 170 valence electrons. The number of urea groups is 1. The Hall–Kier alpha value is -4.18. The van der Waals surface area contributed by atoms with Crippen molar-refractivity contribution in [3.8, 4) is 17.1 Å². The predicted molar refractivity (Wildman–Crippen MR) is 124 cm³/mol. The van der Waals surface area contributed by atoms with Crippen molar-refractivity contribution in [1.29, 1.82) is 0 Å². The van der Waals surface area contributed by atoms with Crippen LogP contribution in [0.2, 0.25) is 0 Å². The van der Waals surface area contributed by atoms with Gasteiger partial charge in [-0.25, -0.2) is 14.8 Å². The number of ether oxygens (including phenoxy) is 2. The number of aromatic nitrogens is 2. The van der Waals surface area contributed by atoms with Crippen molar-refractivity contribution in [2.24, 2.45) is 0 Å². The number of nitrogens with two attached hydrogens (primary N) is 1. The van der Waals surface area contributed by atoms with E-state index in [9.17, 15) is 9.59 Å². The molecule has 1 aromatic heterocycles. The monoisotopic (exact) mass is 448 g/mol. The summed E-state index contributed by atoms with van der Waals surface area (Å²) in [6.45, 7) is 2.26. The highest BCUT2D eigenvalue weighted by atomic mass is 16.5. The zero-order valence-electron chi connectivity index (χ0n) is 18.1. The number of morpholine rings is 1. The number of methoxy groups -OCH3 is 1. The molecule has 2 aromatic carbocycles. The molecule has 0 spiro atoms. The van der Waals surface area contributed by atoms with E-state index >= 15 is 0 Å². The number of benzene rings is 2. The third kappa shape index (κ3) is 5.36. The Bertz CT molecular complexity index is 1130. The van der Waals surface area contributed by atoms with Crippen LogP contribution >= 0.6 is 0 Å². The van der Waals surface area contributed by atoms with E-state index in [1.54, 1.807) is 53.4 Å². The Labute approximate surface area is 190 Å². The lowest BCUT2D eigenvalue weighted by Crippen LogP contribution is -2.40. The van der Waals surface area contributed by atoms with Crippen molar-refractivity contribution in [3.05, 3.63) is 60.3 Å². The molecule has 3 amide bonds. The highest BCUT2D eigenvalue weighted by molar-refractivity contribution is 6.00. The minimum Gasteiger partial charge on any atom is -0.491 e. The van der Waals surface area contributed by atoms with Gasteiger partial charge in [0, 0.05) is 35.6 Å². The van der Waals surface area contributed by atoms with Crippen LogP contribution in [0.15, 0.2) is 54.7 Å². The fourth-order valence-corrected chi connectivity index (χ4v) is 3.32. The number of carbonyl (C=O) groups is 2. The summed E-state index contributed by atoms with van der Waals surface area (Å²) < 4.78 is 10.3. The Kier molecular flexibility index (Phi) is 6.65. The van der Waals surface area contributed by atoms with E-state index < -0.39 is 6.03 Å². The second-order valence-electron chi connectivity index (χ2n) is 7.29. The number of anilines is 3. The van der Waals surface area contributed by atoms with Gasteiger partial charge in [-0.15, -0.1) is 0 Å². The van der Waals surface area contributed by atoms with Crippen molar-refractivity contribution in [3.63, 3.8) is 0 Å². The number of hydrogen-bond acceptors (Lipinski definition) is 7. The first-order chi connectivity index (χ1) is 16.0. The van der Waals surface area contributed by atoms with Gasteiger partial charge < -0.3 is 30.7 Å². The van der Waals surface area contributed by atoms with Crippen LogP contribution in [-0.4, -0.2) is 60.2 Å². The average molecular weight is 448 g/mol. The molecule has 0 atom stereocenters. The molecule has 0 saturated carbocycles. The Morgan fingerprint density at radius 2 is 1.61 bits per heavy atom. The average Bonchev–Trinajstić information content (AvgIpc) is 2.85. The fraction of sp³-hybridized carbons (Fsp3) is 0.217. The topological polar surface area (TPSA) is 132 Å². The van der Waals surface area contributed by atoms with Crippen LogP contribution in [0.4, 0.5) is 22.0 Å². The minimum atomic E-state index is -0.403. The summed E-state index contributed by atoms with van der Waals surface area (Å²) in [5.41, 5.74) is 8.32. The van der Waals surface area contributed by atoms with Gasteiger partial charge in [-0.2, -0.15) is 0 Å². The van der Waals surface area contributed by atoms with Crippen LogP contribution in [0, 0.1) is 0 Å². The van der Waals surface area contributed by atoms with Gasteiger partial charge in [0.25, 0.3) is 5.91 Å². The van der Waals surface area contributed by atoms with Crippen LogP contribution in [0.3, 0.4) is 0 Å². The van der Waals surface area contributed by atoms with E-state index in [1.807, 2.05) is 0 Å². The predicted octanol–water partition coefficient (Wildman–Crippen LogP) is 2.85. The van der Waals surface area contributed by atoms with Gasteiger partial charge in [0.2, 0.25) is 0 Å². The smallest absolute Gasteiger partial charge is 0.323 e. The number of nitrogen functional groups attached to an aromatic ring is 1. The van der Waals surface area contributed by atoms with Crippen molar-refractivity contribution in [2.45, 2.75) is 0 Å². The molecule has 1 aliphatic rings. The van der Waals surface area contributed by atoms with Crippen molar-refractivity contribution in [1.82, 2.24) is 14.9 Å². The van der Waals surface area contributed by atoms with Crippen LogP contribution < -0.4 is 21.1 Å². The summed E-state index contributed by atoms with van der Waals surface area (Å²) in [7, 11) is 1.50. The molecular weight excluding hydrogens is 424 g/mol. The summed E-state index contributed by atoms with van der Waals surface area (Å²) >= 11 is 0. The highest BCUT2D eigenvalue weighted by Gasteiger charge is 2.18. The number of rotatable bonds is 5. The molecule has 1 saturated heterocycles. The molecule has 4 rings (SSSR count). The molecule has 3 aromatic rings. The molecule has 1 aliphatic heterocycles. The summed E-state index contributed by atoms with van der Waals surface area (Å²) in [5, 5.41) is 5.52. The molecule has 2 heterocycles. The second kappa shape index (κ2) is 9.96. The Morgan fingerprint density at radius 3 is 2.18 bits per heavy atom. The molecule has 4 N–H and O–H groups in total. The lowest BCUT2D eigenvalue weighted by Gasteiger charge is -2.26. The Morgan fingerprint density at radius 1 is 1.00 bits per heavy atom. The molecule has 1 fully saturated rings. The zero-order chi connectivity index (χ0) is 23.2. The molecule has 10 heteroatoms. The second-order valence-corrected chi connectivity index (χ2v) is 7.29. The lowest BCUT2D eigenvalue weighted by molar-refractivity contribution is 0.0303. The van der Waals surface area contributed by atoms with E-state index in [1.165, 1.54) is 13.3 Å². The third-order valence-corrected chi connectivity index (χ3v) is 5.09. The summed E-state index contributed by atoms with van der Waals surface area (Å²) in [6, 6.07) is 13.4. The van der Waals surface area contributed by atoms with Crippen LogP contribution in [0.25, 0.3) is 11.4 Å². The first kappa shape index (κ1) is 22.0. The fourth-order valence-electron chi connectivity index (χ4n) is 3.32. The van der Waals surface area contributed by atoms with Crippen LogP contribution in [0.5, 0.6) is 5.75 Å².